The van der Waals surface area contributed by atoms with Crippen molar-refractivity contribution in [2.24, 2.45) is 28.6 Å². The second-order valence-electron chi connectivity index (χ2n) is 11.5. The molecule has 4 saturated carbocycles. The van der Waals surface area contributed by atoms with Crippen molar-refractivity contribution in [2.75, 3.05) is 0 Å². The van der Waals surface area contributed by atoms with Crippen LogP contribution in [0.15, 0.2) is 0 Å². The third-order valence-electron chi connectivity index (χ3n) is 9.69. The maximum absolute atomic E-state index is 12.2. The summed E-state index contributed by atoms with van der Waals surface area (Å²) in [5.41, 5.74) is -5.48. The fourth-order valence-electron chi connectivity index (χ4n) is 8.56. The van der Waals surface area contributed by atoms with Gasteiger partial charge in [-0.1, -0.05) is 13.8 Å². The van der Waals surface area contributed by atoms with Crippen molar-refractivity contribution >= 4 is 5.97 Å². The van der Waals surface area contributed by atoms with Gasteiger partial charge < -0.3 is 29.9 Å². The molecule has 1 heterocycles. The van der Waals surface area contributed by atoms with Crippen molar-refractivity contribution in [1.82, 2.24) is 0 Å². The van der Waals surface area contributed by atoms with Crippen molar-refractivity contribution in [1.29, 1.82) is 0 Å². The lowest BCUT2D eigenvalue weighted by Crippen LogP contribution is -2.63. The second kappa shape index (κ2) is 5.36. The van der Waals surface area contributed by atoms with Crippen LogP contribution < -0.4 is 0 Å². The molecule has 29 heavy (non-hydrogen) atoms. The van der Waals surface area contributed by atoms with Gasteiger partial charge in [0.2, 0.25) is 0 Å². The van der Waals surface area contributed by atoms with Gasteiger partial charge in [0.05, 0.1) is 29.5 Å². The molecule has 7 nitrogen and oxygen atoms in total. The molecule has 0 aromatic carbocycles. The molecular formula is C22H34O7. The molecule has 4 N–H and O–H groups in total. The first-order valence-electron chi connectivity index (χ1n) is 10.9. The Balaban J connectivity index is 1.71. The van der Waals surface area contributed by atoms with E-state index in [2.05, 4.69) is 0 Å². The Morgan fingerprint density at radius 3 is 2.38 bits per heavy atom. The van der Waals surface area contributed by atoms with Crippen molar-refractivity contribution < 1.29 is 34.7 Å². The van der Waals surface area contributed by atoms with Gasteiger partial charge in [-0.05, 0) is 45.4 Å². The smallest absolute Gasteiger partial charge is 0.303 e. The number of ether oxygens (including phenoxy) is 2. The van der Waals surface area contributed by atoms with E-state index in [-0.39, 0.29) is 30.5 Å². The fraction of sp³-hybridized carbons (Fsp3) is 0.955. The lowest BCUT2D eigenvalue weighted by molar-refractivity contribution is -0.230. The predicted molar refractivity (Wildman–Crippen MR) is 102 cm³/mol. The zero-order valence-corrected chi connectivity index (χ0v) is 17.9. The van der Waals surface area contributed by atoms with Crippen molar-refractivity contribution in [3.8, 4) is 0 Å². The molecule has 0 aromatic rings. The minimum absolute atomic E-state index is 0.205. The summed E-state index contributed by atoms with van der Waals surface area (Å²) in [5.74, 6) is -1.78. The summed E-state index contributed by atoms with van der Waals surface area (Å²) in [5, 5.41) is 46.6. The number of aliphatic hydroxyl groups is 4. The molecule has 0 aromatic heterocycles. The first kappa shape index (κ1) is 20.2. The molecule has 1 aliphatic heterocycles. The van der Waals surface area contributed by atoms with Gasteiger partial charge >= 0.3 is 5.97 Å². The van der Waals surface area contributed by atoms with Crippen LogP contribution in [0.2, 0.25) is 0 Å². The topological polar surface area (TPSA) is 120 Å². The Labute approximate surface area is 171 Å². The number of carbonyl (C=O) groups is 1. The van der Waals surface area contributed by atoms with Gasteiger partial charge in [-0.25, -0.2) is 0 Å². The molecule has 1 saturated heterocycles. The molecule has 2 bridgehead atoms. The normalized spacial score (nSPS) is 61.9. The van der Waals surface area contributed by atoms with Gasteiger partial charge in [0.25, 0.3) is 0 Å². The first-order chi connectivity index (χ1) is 13.2. The SMILES string of the molecule is CC(=O)O[C@H]1C[C@@]23C[C@@](C)(O)[C@H](CC[C@H]2[C@](C)(O)[C@H]2[C@@H]4O[C@@H]4C(C)(C)[C@]12O)[C@@H]3O. The fourth-order valence-corrected chi connectivity index (χ4v) is 8.56. The molecule has 1 spiro atoms. The molecule has 0 amide bonds. The van der Waals surface area contributed by atoms with Gasteiger partial charge in [-0.2, -0.15) is 0 Å². The van der Waals surface area contributed by atoms with E-state index in [4.69, 9.17) is 9.47 Å². The van der Waals surface area contributed by atoms with E-state index in [1.165, 1.54) is 6.92 Å². The number of rotatable bonds is 1. The van der Waals surface area contributed by atoms with Crippen LogP contribution in [0.3, 0.4) is 0 Å². The number of esters is 1. The third-order valence-corrected chi connectivity index (χ3v) is 9.69. The number of hydrogen-bond donors (Lipinski definition) is 4. The molecule has 0 unspecified atom stereocenters. The van der Waals surface area contributed by atoms with E-state index in [9.17, 15) is 25.2 Å². The number of hydrogen-bond acceptors (Lipinski definition) is 7. The molecule has 164 valence electrons. The third kappa shape index (κ3) is 2.14. The number of carbonyl (C=O) groups excluding carboxylic acids is 1. The highest BCUT2D eigenvalue weighted by molar-refractivity contribution is 5.66. The van der Waals surface area contributed by atoms with Crippen molar-refractivity contribution in [2.45, 2.75) is 102 Å². The van der Waals surface area contributed by atoms with E-state index in [1.807, 2.05) is 13.8 Å². The zero-order chi connectivity index (χ0) is 21.4. The highest BCUT2D eigenvalue weighted by Crippen LogP contribution is 2.73. The molecule has 0 radical (unpaired) electrons. The molecule has 5 aliphatic rings. The molecule has 4 aliphatic carbocycles. The average molecular weight is 411 g/mol. The molecule has 5 fully saturated rings. The summed E-state index contributed by atoms with van der Waals surface area (Å²) in [6.45, 7) is 8.62. The molecular weight excluding hydrogens is 376 g/mol. The van der Waals surface area contributed by atoms with E-state index < -0.39 is 51.7 Å². The monoisotopic (exact) mass is 410 g/mol. The van der Waals surface area contributed by atoms with Crippen LogP contribution in [0.4, 0.5) is 0 Å². The summed E-state index contributed by atoms with van der Waals surface area (Å²) in [7, 11) is 0. The maximum atomic E-state index is 12.2. The zero-order valence-electron chi connectivity index (χ0n) is 17.9. The lowest BCUT2D eigenvalue weighted by Gasteiger charge is -2.51. The highest BCUT2D eigenvalue weighted by Gasteiger charge is 2.83. The van der Waals surface area contributed by atoms with Crippen LogP contribution in [0, 0.1) is 28.6 Å². The van der Waals surface area contributed by atoms with Crippen LogP contribution in [0.5, 0.6) is 0 Å². The van der Waals surface area contributed by atoms with Gasteiger partial charge in [-0.15, -0.1) is 0 Å². The summed E-state index contributed by atoms with van der Waals surface area (Å²) in [6.07, 6.45) is -0.461. The Morgan fingerprint density at radius 2 is 1.76 bits per heavy atom. The Bertz CT molecular complexity index is 760. The van der Waals surface area contributed by atoms with Crippen molar-refractivity contribution in [3.05, 3.63) is 0 Å². The highest BCUT2D eigenvalue weighted by atomic mass is 16.6. The summed E-state index contributed by atoms with van der Waals surface area (Å²) in [6, 6.07) is 0. The van der Waals surface area contributed by atoms with E-state index in [0.29, 0.717) is 19.3 Å². The van der Waals surface area contributed by atoms with Crippen LogP contribution in [0.25, 0.3) is 0 Å². The average Bonchev–Trinajstić information content (AvgIpc) is 3.29. The molecule has 7 heteroatoms. The Morgan fingerprint density at radius 1 is 1.10 bits per heavy atom. The van der Waals surface area contributed by atoms with Crippen molar-refractivity contribution in [3.63, 3.8) is 0 Å². The lowest BCUT2D eigenvalue weighted by atomic mass is 9.57. The predicted octanol–water partition coefficient (Wildman–Crippen LogP) is 0.755. The van der Waals surface area contributed by atoms with Crippen LogP contribution in [-0.4, -0.2) is 67.6 Å². The minimum atomic E-state index is -1.49. The van der Waals surface area contributed by atoms with Gasteiger partial charge in [0.15, 0.2) is 0 Å². The standard InChI is InChI=1S/C22H34O7/c1-10(23)28-13-8-21-9-19(4,25)11(16(21)24)6-7-12(21)20(5,26)15-14-17(29-14)18(2,3)22(13,15)27/h11-17,24-27H,6-9H2,1-5H3/t11-,12+,13+,14+,15-,16+,17+,19-,20+,21-,22+/m1/s1. The van der Waals surface area contributed by atoms with E-state index in [1.54, 1.807) is 13.8 Å². The first-order valence-corrected chi connectivity index (χ1v) is 10.9. The number of fused-ring (bicyclic) bond motifs is 4. The van der Waals surface area contributed by atoms with Crippen LogP contribution >= 0.6 is 0 Å². The maximum Gasteiger partial charge on any atom is 0.303 e. The van der Waals surface area contributed by atoms with Gasteiger partial charge in [0, 0.05) is 29.6 Å². The Hall–Kier alpha value is -0.730. The van der Waals surface area contributed by atoms with Crippen LogP contribution in [-0.2, 0) is 14.3 Å². The van der Waals surface area contributed by atoms with Gasteiger partial charge in [-0.3, -0.25) is 4.79 Å². The van der Waals surface area contributed by atoms with E-state index >= 15 is 0 Å². The number of epoxide rings is 1. The Kier molecular flexibility index (Phi) is 3.73. The summed E-state index contributed by atoms with van der Waals surface area (Å²) >= 11 is 0. The van der Waals surface area contributed by atoms with E-state index in [0.717, 1.165) is 0 Å². The number of aliphatic hydroxyl groups excluding tert-OH is 1. The summed E-state index contributed by atoms with van der Waals surface area (Å²) in [4.78, 5) is 12.1. The quantitative estimate of drug-likeness (QED) is 0.372. The van der Waals surface area contributed by atoms with Gasteiger partial charge in [0.1, 0.15) is 11.7 Å². The largest absolute Gasteiger partial charge is 0.459 e. The minimum Gasteiger partial charge on any atom is -0.459 e. The summed E-state index contributed by atoms with van der Waals surface area (Å²) < 4.78 is 11.6. The molecule has 5 rings (SSSR count). The molecule has 11 atom stereocenters. The second-order valence-corrected chi connectivity index (χ2v) is 11.5. The van der Waals surface area contributed by atoms with Crippen LogP contribution in [0.1, 0.15) is 60.3 Å².